The number of nitrogens with zero attached hydrogens (tertiary/aromatic N) is 6. The van der Waals surface area contributed by atoms with E-state index in [-0.39, 0.29) is 19.0 Å². The Morgan fingerprint density at radius 2 is 2.19 bits per heavy atom. The first kappa shape index (κ1) is 24.1. The Hall–Kier alpha value is -4.56. The molecule has 3 aromatic heterocycles. The molecule has 192 valence electrons. The number of anilines is 3. The van der Waals surface area contributed by atoms with Gasteiger partial charge in [-0.2, -0.15) is 5.10 Å². The number of morpholine rings is 1. The fourth-order valence-corrected chi connectivity index (χ4v) is 3.91. The molecule has 1 fully saturated rings. The Bertz CT molecular complexity index is 1460. The summed E-state index contributed by atoms with van der Waals surface area (Å²) in [5, 5.41) is 30.2. The average molecular weight is 508 g/mol. The number of aromatic nitrogens is 5. The van der Waals surface area contributed by atoms with Crippen LogP contribution in [0.1, 0.15) is 13.8 Å². The van der Waals surface area contributed by atoms with Crippen LogP contribution in [-0.2, 0) is 14.3 Å². The van der Waals surface area contributed by atoms with Gasteiger partial charge in [-0.3, -0.25) is 14.5 Å². The van der Waals surface area contributed by atoms with E-state index in [9.17, 15) is 14.7 Å². The van der Waals surface area contributed by atoms with E-state index in [1.807, 2.05) is 6.92 Å². The molecule has 2 atom stereocenters. The third-order valence-electron chi connectivity index (χ3n) is 5.84. The zero-order valence-electron chi connectivity index (χ0n) is 20.0. The maximum absolute atomic E-state index is 13.3. The van der Waals surface area contributed by atoms with Crippen LogP contribution >= 0.6 is 0 Å². The Labute approximate surface area is 209 Å². The lowest BCUT2D eigenvalue weighted by Gasteiger charge is -2.37. The van der Waals surface area contributed by atoms with E-state index in [2.05, 4.69) is 25.8 Å². The molecule has 1 aromatic carbocycles. The third-order valence-corrected chi connectivity index (χ3v) is 5.84. The van der Waals surface area contributed by atoms with Crippen molar-refractivity contribution in [3.63, 3.8) is 0 Å². The molecule has 4 aromatic rings. The van der Waals surface area contributed by atoms with Crippen LogP contribution < -0.4 is 20.7 Å². The van der Waals surface area contributed by atoms with Gasteiger partial charge in [-0.1, -0.05) is 5.16 Å². The second kappa shape index (κ2) is 9.48. The number of rotatable bonds is 7. The van der Waals surface area contributed by atoms with Gasteiger partial charge in [-0.15, -0.1) is 10.2 Å². The standard InChI is InChI=1S/C23H24N8O6/c1-3-35-18-11-14(12-25-27-18)31-7-6-17(28-31)30-8-9-36-19(21(30)32)23(2,34)22(33)26-13-4-5-15-16(10-13)37-29-20(15)24/h4-7,10-12,19,34H,3,8-9H2,1-2H3,(H2,24,29)(H,26,33)/t19-,23?/m0/s1. The van der Waals surface area contributed by atoms with Crippen molar-refractivity contribution in [3.8, 4) is 11.6 Å². The van der Waals surface area contributed by atoms with Crippen molar-refractivity contribution in [2.24, 2.45) is 0 Å². The minimum absolute atomic E-state index is 0.0846. The Balaban J connectivity index is 1.33. The van der Waals surface area contributed by atoms with Crippen molar-refractivity contribution in [3.05, 3.63) is 42.7 Å². The third kappa shape index (κ3) is 4.54. The highest BCUT2D eigenvalue weighted by Crippen LogP contribution is 2.27. The number of amides is 2. The second-order valence-corrected chi connectivity index (χ2v) is 8.42. The van der Waals surface area contributed by atoms with Gasteiger partial charge in [-0.05, 0) is 26.0 Å². The normalized spacial score (nSPS) is 17.5. The van der Waals surface area contributed by atoms with Gasteiger partial charge in [0.1, 0.15) is 0 Å². The number of nitrogens with two attached hydrogens (primary N) is 1. The fourth-order valence-electron chi connectivity index (χ4n) is 3.91. The van der Waals surface area contributed by atoms with Gasteiger partial charge in [0.2, 0.25) is 5.88 Å². The quantitative estimate of drug-likeness (QED) is 0.322. The molecule has 4 N–H and O–H groups in total. The fraction of sp³-hybridized carbons (Fsp3) is 0.304. The number of carbonyl (C=O) groups is 2. The van der Waals surface area contributed by atoms with Crippen molar-refractivity contribution in [1.82, 2.24) is 25.1 Å². The summed E-state index contributed by atoms with van der Waals surface area (Å²) in [6.07, 6.45) is 1.68. The maximum Gasteiger partial charge on any atom is 0.260 e. The Morgan fingerprint density at radius 3 is 3.00 bits per heavy atom. The Morgan fingerprint density at radius 1 is 1.35 bits per heavy atom. The summed E-state index contributed by atoms with van der Waals surface area (Å²) in [4.78, 5) is 27.7. The molecular weight excluding hydrogens is 484 g/mol. The first-order chi connectivity index (χ1) is 17.8. The van der Waals surface area contributed by atoms with Gasteiger partial charge in [-0.25, -0.2) is 4.68 Å². The number of hydrogen-bond donors (Lipinski definition) is 3. The highest BCUT2D eigenvalue weighted by Gasteiger charge is 2.49. The number of fused-ring (bicyclic) bond motifs is 1. The first-order valence-corrected chi connectivity index (χ1v) is 11.4. The van der Waals surface area contributed by atoms with Crippen LogP contribution in [0.25, 0.3) is 16.7 Å². The largest absolute Gasteiger partial charge is 0.477 e. The van der Waals surface area contributed by atoms with Crippen molar-refractivity contribution < 1.29 is 28.7 Å². The molecule has 14 nitrogen and oxygen atoms in total. The van der Waals surface area contributed by atoms with Gasteiger partial charge in [0, 0.05) is 30.1 Å². The lowest BCUT2D eigenvalue weighted by molar-refractivity contribution is -0.165. The van der Waals surface area contributed by atoms with Crippen molar-refractivity contribution in [2.45, 2.75) is 25.6 Å². The highest BCUT2D eigenvalue weighted by molar-refractivity contribution is 6.06. The number of nitrogen functional groups attached to an aromatic ring is 1. The summed E-state index contributed by atoms with van der Waals surface area (Å²) in [5.41, 5.74) is 4.78. The molecule has 1 saturated heterocycles. The first-order valence-electron chi connectivity index (χ1n) is 11.4. The summed E-state index contributed by atoms with van der Waals surface area (Å²) < 4.78 is 17.6. The van der Waals surface area contributed by atoms with Gasteiger partial charge in [0.05, 0.1) is 37.0 Å². The summed E-state index contributed by atoms with van der Waals surface area (Å²) in [6, 6.07) is 8.02. The molecule has 0 spiro atoms. The maximum atomic E-state index is 13.3. The lowest BCUT2D eigenvalue weighted by Crippen LogP contribution is -2.61. The van der Waals surface area contributed by atoms with Crippen LogP contribution in [0.4, 0.5) is 17.3 Å². The van der Waals surface area contributed by atoms with E-state index in [1.165, 1.54) is 28.8 Å². The minimum atomic E-state index is -2.20. The summed E-state index contributed by atoms with van der Waals surface area (Å²) in [7, 11) is 0. The monoisotopic (exact) mass is 508 g/mol. The summed E-state index contributed by atoms with van der Waals surface area (Å²) in [6.45, 7) is 3.76. The number of carbonyl (C=O) groups excluding carboxylic acids is 2. The molecule has 1 unspecified atom stereocenters. The van der Waals surface area contributed by atoms with Gasteiger partial charge in [0.15, 0.2) is 28.9 Å². The van der Waals surface area contributed by atoms with Crippen LogP contribution in [0.15, 0.2) is 47.2 Å². The number of nitrogens with one attached hydrogen (secondary N) is 1. The topological polar surface area (TPSA) is 184 Å². The van der Waals surface area contributed by atoms with Gasteiger partial charge >= 0.3 is 0 Å². The van der Waals surface area contributed by atoms with Crippen molar-refractivity contribution >= 4 is 40.1 Å². The molecule has 4 heterocycles. The zero-order valence-corrected chi connectivity index (χ0v) is 20.0. The van der Waals surface area contributed by atoms with Gasteiger partial charge in [0.25, 0.3) is 11.8 Å². The van der Waals surface area contributed by atoms with E-state index < -0.39 is 23.5 Å². The van der Waals surface area contributed by atoms with Crippen LogP contribution in [0.2, 0.25) is 0 Å². The molecule has 2 amide bonds. The van der Waals surface area contributed by atoms with E-state index in [4.69, 9.17) is 19.7 Å². The SMILES string of the molecule is CCOc1cc(-n2ccc(N3CCO[C@H](C(C)(O)C(=O)Nc4ccc5c(N)noc5c4)C3=O)n2)cnn1. The number of aliphatic hydroxyl groups is 1. The second-order valence-electron chi connectivity index (χ2n) is 8.42. The minimum Gasteiger partial charge on any atom is -0.477 e. The molecule has 14 heteroatoms. The summed E-state index contributed by atoms with van der Waals surface area (Å²) >= 11 is 0. The smallest absolute Gasteiger partial charge is 0.260 e. The van der Waals surface area contributed by atoms with E-state index in [0.29, 0.717) is 40.6 Å². The van der Waals surface area contributed by atoms with Crippen molar-refractivity contribution in [2.75, 3.05) is 35.7 Å². The molecule has 1 aliphatic rings. The number of hydrogen-bond acceptors (Lipinski definition) is 11. The highest BCUT2D eigenvalue weighted by atomic mass is 16.5. The zero-order chi connectivity index (χ0) is 26.2. The number of benzene rings is 1. The Kier molecular flexibility index (Phi) is 6.19. The van der Waals surface area contributed by atoms with Crippen LogP contribution in [0.5, 0.6) is 5.88 Å². The molecule has 0 saturated carbocycles. The molecule has 0 aliphatic carbocycles. The van der Waals surface area contributed by atoms with Crippen LogP contribution in [-0.4, -0.2) is 73.5 Å². The predicted molar refractivity (Wildman–Crippen MR) is 130 cm³/mol. The lowest BCUT2D eigenvalue weighted by atomic mass is 9.95. The molecule has 0 bridgehead atoms. The molecule has 1 aliphatic heterocycles. The van der Waals surface area contributed by atoms with E-state index >= 15 is 0 Å². The molecular formula is C23H24N8O6. The molecule has 0 radical (unpaired) electrons. The molecule has 37 heavy (non-hydrogen) atoms. The predicted octanol–water partition coefficient (Wildman–Crippen LogP) is 0.906. The van der Waals surface area contributed by atoms with Crippen LogP contribution in [0.3, 0.4) is 0 Å². The summed E-state index contributed by atoms with van der Waals surface area (Å²) in [5.74, 6) is -0.571. The van der Waals surface area contributed by atoms with E-state index in [0.717, 1.165) is 0 Å². The average Bonchev–Trinajstić information content (AvgIpc) is 3.52. The van der Waals surface area contributed by atoms with Gasteiger partial charge < -0.3 is 30.2 Å². The van der Waals surface area contributed by atoms with Crippen molar-refractivity contribution in [1.29, 1.82) is 0 Å². The van der Waals surface area contributed by atoms with Crippen LogP contribution in [0, 0.1) is 0 Å². The van der Waals surface area contributed by atoms with E-state index in [1.54, 1.807) is 30.5 Å². The molecule has 5 rings (SSSR count). The number of ether oxygens (including phenoxy) is 2.